The van der Waals surface area contributed by atoms with Crippen LogP contribution in [-0.4, -0.2) is 65.5 Å². The molecule has 1 aromatic heterocycles. The number of ether oxygens (including phenoxy) is 1. The maximum absolute atomic E-state index is 12.8. The van der Waals surface area contributed by atoms with Crippen LogP contribution in [0.4, 0.5) is 5.69 Å². The van der Waals surface area contributed by atoms with E-state index < -0.39 is 0 Å². The van der Waals surface area contributed by atoms with Gasteiger partial charge in [-0.05, 0) is 62.6 Å². The molecular weight excluding hydrogens is 440 g/mol. The van der Waals surface area contributed by atoms with Crippen LogP contribution in [0.2, 0.25) is 5.02 Å². The van der Waals surface area contributed by atoms with Crippen LogP contribution in [0.1, 0.15) is 40.5 Å². The molecule has 2 saturated heterocycles. The largest absolute Gasteiger partial charge is 0.381 e. The number of carbonyl (C=O) groups excluding carboxylic acids is 2. The second kappa shape index (κ2) is 10.2. The van der Waals surface area contributed by atoms with Gasteiger partial charge in [0.25, 0.3) is 5.91 Å². The second-order valence-corrected chi connectivity index (χ2v) is 9.49. The molecule has 2 unspecified atom stereocenters. The first kappa shape index (κ1) is 23.7. The lowest BCUT2D eigenvalue weighted by Crippen LogP contribution is -2.55. The molecule has 0 aliphatic carbocycles. The van der Waals surface area contributed by atoms with E-state index in [1.165, 1.54) is 0 Å². The lowest BCUT2D eigenvalue weighted by molar-refractivity contribution is -0.140. The molecule has 2 fully saturated rings. The molecule has 0 bridgehead atoms. The van der Waals surface area contributed by atoms with E-state index >= 15 is 0 Å². The third-order valence-corrected chi connectivity index (χ3v) is 6.79. The summed E-state index contributed by atoms with van der Waals surface area (Å²) in [5.41, 5.74) is 4.12. The standard InChI is InChI=1S/C25H31ClN4O3/c1-16-4-5-19(12-27-16)24(31)28-23-11-22(26)10-21(18(23)3)14-29-7-8-30(17(2)13-29)25(32)20-6-9-33-15-20/h4-5,10-12,17,20H,6-9,13-15H2,1-3H3,(H,28,31). The Kier molecular flexibility index (Phi) is 7.32. The minimum atomic E-state index is -0.213. The van der Waals surface area contributed by atoms with Crippen LogP contribution in [-0.2, 0) is 16.1 Å². The molecule has 4 rings (SSSR count). The first-order chi connectivity index (χ1) is 15.8. The first-order valence-electron chi connectivity index (χ1n) is 11.5. The molecule has 1 aromatic carbocycles. The lowest BCUT2D eigenvalue weighted by atomic mass is 10.0. The number of hydrogen-bond acceptors (Lipinski definition) is 5. The van der Waals surface area contributed by atoms with Crippen LogP contribution >= 0.6 is 11.6 Å². The van der Waals surface area contributed by atoms with Gasteiger partial charge in [0.2, 0.25) is 5.91 Å². The van der Waals surface area contributed by atoms with Gasteiger partial charge in [-0.25, -0.2) is 0 Å². The highest BCUT2D eigenvalue weighted by molar-refractivity contribution is 6.31. The second-order valence-electron chi connectivity index (χ2n) is 9.06. The molecule has 3 heterocycles. The predicted molar refractivity (Wildman–Crippen MR) is 128 cm³/mol. The van der Waals surface area contributed by atoms with Crippen LogP contribution < -0.4 is 5.32 Å². The van der Waals surface area contributed by atoms with Crippen molar-refractivity contribution in [1.82, 2.24) is 14.8 Å². The van der Waals surface area contributed by atoms with Crippen molar-refractivity contribution in [3.8, 4) is 0 Å². The van der Waals surface area contributed by atoms with Crippen LogP contribution in [0, 0.1) is 19.8 Å². The van der Waals surface area contributed by atoms with E-state index in [2.05, 4.69) is 22.1 Å². The van der Waals surface area contributed by atoms with Crippen LogP contribution in [0.15, 0.2) is 30.5 Å². The molecule has 0 saturated carbocycles. The smallest absolute Gasteiger partial charge is 0.257 e. The first-order valence-corrected chi connectivity index (χ1v) is 11.8. The minimum Gasteiger partial charge on any atom is -0.381 e. The zero-order valence-corrected chi connectivity index (χ0v) is 20.2. The summed E-state index contributed by atoms with van der Waals surface area (Å²) in [6.45, 7) is 10.2. The van der Waals surface area contributed by atoms with Gasteiger partial charge in [-0.3, -0.25) is 19.5 Å². The van der Waals surface area contributed by atoms with E-state index in [-0.39, 0.29) is 23.8 Å². The molecule has 1 N–H and O–H groups in total. The average Bonchev–Trinajstić information content (AvgIpc) is 3.32. The highest BCUT2D eigenvalue weighted by Crippen LogP contribution is 2.28. The van der Waals surface area contributed by atoms with Crippen molar-refractivity contribution in [1.29, 1.82) is 0 Å². The number of hydrogen-bond donors (Lipinski definition) is 1. The highest BCUT2D eigenvalue weighted by Gasteiger charge is 2.33. The molecule has 8 heteroatoms. The number of piperazine rings is 1. The number of rotatable bonds is 5. The summed E-state index contributed by atoms with van der Waals surface area (Å²) >= 11 is 6.41. The average molecular weight is 471 g/mol. The summed E-state index contributed by atoms with van der Waals surface area (Å²) in [6, 6.07) is 7.45. The van der Waals surface area contributed by atoms with Gasteiger partial charge in [0, 0.05) is 61.4 Å². The van der Waals surface area contributed by atoms with Crippen LogP contribution in [0.5, 0.6) is 0 Å². The molecular formula is C25H31ClN4O3. The summed E-state index contributed by atoms with van der Waals surface area (Å²) in [5.74, 6) is 0.00807. The van der Waals surface area contributed by atoms with E-state index in [0.29, 0.717) is 42.6 Å². The lowest BCUT2D eigenvalue weighted by Gasteiger charge is -2.41. The molecule has 2 amide bonds. The van der Waals surface area contributed by atoms with E-state index in [1.54, 1.807) is 18.3 Å². The number of amides is 2. The monoisotopic (exact) mass is 470 g/mol. The summed E-state index contributed by atoms with van der Waals surface area (Å²) in [7, 11) is 0. The Morgan fingerprint density at radius 1 is 1.24 bits per heavy atom. The van der Waals surface area contributed by atoms with E-state index in [4.69, 9.17) is 16.3 Å². The molecule has 0 spiro atoms. The Morgan fingerprint density at radius 3 is 2.73 bits per heavy atom. The van der Waals surface area contributed by atoms with Gasteiger partial charge in [-0.1, -0.05) is 11.6 Å². The van der Waals surface area contributed by atoms with E-state index in [1.807, 2.05) is 30.9 Å². The van der Waals surface area contributed by atoms with Crippen molar-refractivity contribution in [2.24, 2.45) is 5.92 Å². The van der Waals surface area contributed by atoms with Crippen molar-refractivity contribution >= 4 is 29.1 Å². The van der Waals surface area contributed by atoms with Gasteiger partial charge in [0.05, 0.1) is 18.1 Å². The normalized spacial score (nSPS) is 21.3. The van der Waals surface area contributed by atoms with Crippen LogP contribution in [0.3, 0.4) is 0 Å². The fourth-order valence-corrected chi connectivity index (χ4v) is 4.78. The zero-order valence-electron chi connectivity index (χ0n) is 19.4. The van der Waals surface area contributed by atoms with Gasteiger partial charge in [0.15, 0.2) is 0 Å². The SMILES string of the molecule is Cc1ccc(C(=O)Nc2cc(Cl)cc(CN3CCN(C(=O)C4CCOC4)C(C)C3)c2C)cn1. The van der Waals surface area contributed by atoms with E-state index in [0.717, 1.165) is 36.3 Å². The summed E-state index contributed by atoms with van der Waals surface area (Å²) in [4.78, 5) is 34.1. The topological polar surface area (TPSA) is 74.8 Å². The highest BCUT2D eigenvalue weighted by atomic mass is 35.5. The Balaban J connectivity index is 1.42. The number of anilines is 1. The Labute approximate surface area is 200 Å². The summed E-state index contributed by atoms with van der Waals surface area (Å²) in [6.07, 6.45) is 2.39. The molecule has 2 aliphatic rings. The van der Waals surface area contributed by atoms with Gasteiger partial charge in [-0.15, -0.1) is 0 Å². The number of nitrogens with zero attached hydrogens (tertiary/aromatic N) is 3. The van der Waals surface area contributed by atoms with E-state index in [9.17, 15) is 9.59 Å². The number of aromatic nitrogens is 1. The van der Waals surface area contributed by atoms with Gasteiger partial charge >= 0.3 is 0 Å². The van der Waals surface area contributed by atoms with Gasteiger partial charge in [0.1, 0.15) is 0 Å². The molecule has 2 aromatic rings. The number of nitrogens with one attached hydrogen (secondary N) is 1. The maximum Gasteiger partial charge on any atom is 0.257 e. The quantitative estimate of drug-likeness (QED) is 0.721. The number of benzene rings is 1. The third-order valence-electron chi connectivity index (χ3n) is 6.57. The molecule has 2 aliphatic heterocycles. The minimum absolute atomic E-state index is 0.00377. The fraction of sp³-hybridized carbons (Fsp3) is 0.480. The van der Waals surface area contributed by atoms with Crippen molar-refractivity contribution in [2.75, 3.05) is 38.2 Å². The third kappa shape index (κ3) is 5.54. The number of halogens is 1. The Bertz CT molecular complexity index is 1020. The van der Waals surface area contributed by atoms with Crippen LogP contribution in [0.25, 0.3) is 0 Å². The maximum atomic E-state index is 12.8. The summed E-state index contributed by atoms with van der Waals surface area (Å²) < 4.78 is 5.40. The zero-order chi connectivity index (χ0) is 23.5. The van der Waals surface area contributed by atoms with Crippen molar-refractivity contribution in [3.63, 3.8) is 0 Å². The Hall–Kier alpha value is -2.48. The number of carbonyl (C=O) groups is 2. The van der Waals surface area contributed by atoms with Gasteiger partial charge < -0.3 is 15.0 Å². The molecule has 7 nitrogen and oxygen atoms in total. The van der Waals surface area contributed by atoms with Crippen molar-refractivity contribution < 1.29 is 14.3 Å². The van der Waals surface area contributed by atoms with Crippen molar-refractivity contribution in [2.45, 2.75) is 39.8 Å². The predicted octanol–water partition coefficient (Wildman–Crippen LogP) is 3.67. The van der Waals surface area contributed by atoms with Crippen molar-refractivity contribution in [3.05, 3.63) is 57.9 Å². The molecule has 33 heavy (non-hydrogen) atoms. The molecule has 0 radical (unpaired) electrons. The fourth-order valence-electron chi connectivity index (χ4n) is 4.53. The number of aryl methyl sites for hydroxylation is 1. The Morgan fingerprint density at radius 2 is 2.06 bits per heavy atom. The number of pyridine rings is 1. The van der Waals surface area contributed by atoms with Gasteiger partial charge in [-0.2, -0.15) is 0 Å². The molecule has 2 atom stereocenters. The molecule has 176 valence electrons. The summed E-state index contributed by atoms with van der Waals surface area (Å²) in [5, 5.41) is 3.56.